The Morgan fingerprint density at radius 3 is 1.98 bits per heavy atom. The summed E-state index contributed by atoms with van der Waals surface area (Å²) in [6.07, 6.45) is 0. The zero-order chi connectivity index (χ0) is 27.9. The van der Waals surface area contributed by atoms with Gasteiger partial charge in [-0.25, -0.2) is 0 Å². The van der Waals surface area contributed by atoms with Crippen LogP contribution in [-0.4, -0.2) is 22.9 Å². The molecule has 0 spiro atoms. The van der Waals surface area contributed by atoms with E-state index in [2.05, 4.69) is 135 Å². The largest absolute Gasteiger partial charge is 0.498 e. The number of para-hydroxylation sites is 3. The lowest BCUT2D eigenvalue weighted by molar-refractivity contribution is 0.00578. The van der Waals surface area contributed by atoms with Crippen molar-refractivity contribution >= 4 is 56.3 Å². The van der Waals surface area contributed by atoms with Gasteiger partial charge in [0, 0.05) is 32.7 Å². The van der Waals surface area contributed by atoms with Crippen LogP contribution in [0.3, 0.4) is 0 Å². The topological polar surface area (TPSA) is 36.5 Å². The Kier molecular flexibility index (Phi) is 5.13. The first-order valence-corrected chi connectivity index (χ1v) is 14.2. The van der Waals surface area contributed by atoms with Crippen molar-refractivity contribution in [2.24, 2.45) is 0 Å². The first kappa shape index (κ1) is 24.5. The summed E-state index contributed by atoms with van der Waals surface area (Å²) in [5.41, 5.74) is 7.55. The minimum atomic E-state index is -0.481. The molecule has 4 nitrogen and oxygen atoms in total. The highest BCUT2D eigenvalue weighted by molar-refractivity contribution is 6.65. The molecule has 2 aromatic heterocycles. The zero-order valence-corrected chi connectivity index (χ0v) is 23.6. The first-order valence-electron chi connectivity index (χ1n) is 14.2. The average Bonchev–Trinajstić information content (AvgIpc) is 3.58. The molecule has 41 heavy (non-hydrogen) atoms. The molecular weight excluding hydrogens is 505 g/mol. The molecule has 0 saturated carbocycles. The second kappa shape index (κ2) is 8.59. The van der Waals surface area contributed by atoms with E-state index in [-0.39, 0.29) is 0 Å². The van der Waals surface area contributed by atoms with Crippen molar-refractivity contribution in [2.75, 3.05) is 0 Å². The summed E-state index contributed by atoms with van der Waals surface area (Å²) in [5, 5.41) is 4.64. The fourth-order valence-electron chi connectivity index (χ4n) is 6.16. The van der Waals surface area contributed by atoms with Crippen LogP contribution in [0.15, 0.2) is 114 Å². The summed E-state index contributed by atoms with van der Waals surface area (Å²) in [6.45, 7) is 8.30. The van der Waals surface area contributed by atoms with E-state index >= 15 is 0 Å². The highest BCUT2D eigenvalue weighted by Crippen LogP contribution is 2.39. The Hall–Kier alpha value is -4.32. The van der Waals surface area contributed by atoms with E-state index in [1.165, 1.54) is 21.8 Å². The van der Waals surface area contributed by atoms with Crippen molar-refractivity contribution in [3.8, 4) is 16.8 Å². The monoisotopic (exact) mass is 535 g/mol. The van der Waals surface area contributed by atoms with E-state index in [1.54, 1.807) is 0 Å². The molecule has 1 fully saturated rings. The number of hydrogen-bond acceptors (Lipinski definition) is 3. The minimum absolute atomic E-state index is 0.417. The summed E-state index contributed by atoms with van der Waals surface area (Å²) in [7, 11) is -0.481. The molecule has 8 rings (SSSR count). The molecule has 5 aromatic carbocycles. The minimum Gasteiger partial charge on any atom is -0.456 e. The Bertz CT molecular complexity index is 2100. The molecule has 0 radical (unpaired) electrons. The maximum Gasteiger partial charge on any atom is 0.498 e. The molecule has 1 aliphatic heterocycles. The maximum absolute atomic E-state index is 6.56. The molecule has 0 unspecified atom stereocenters. The highest BCUT2D eigenvalue weighted by atomic mass is 16.7. The summed E-state index contributed by atoms with van der Waals surface area (Å²) < 4.78 is 21.7. The van der Waals surface area contributed by atoms with Crippen molar-refractivity contribution in [1.82, 2.24) is 4.57 Å². The lowest BCUT2D eigenvalue weighted by atomic mass is 9.78. The fourth-order valence-corrected chi connectivity index (χ4v) is 6.16. The van der Waals surface area contributed by atoms with Gasteiger partial charge in [-0.3, -0.25) is 0 Å². The van der Waals surface area contributed by atoms with Crippen LogP contribution in [0, 0.1) is 0 Å². The van der Waals surface area contributed by atoms with Gasteiger partial charge in [-0.05, 0) is 75.2 Å². The maximum atomic E-state index is 6.56. The summed E-state index contributed by atoms with van der Waals surface area (Å²) in [6, 6.07) is 38.7. The van der Waals surface area contributed by atoms with Gasteiger partial charge in [0.1, 0.15) is 11.2 Å². The van der Waals surface area contributed by atoms with Gasteiger partial charge < -0.3 is 18.3 Å². The standard InChI is InChI=1S/C36H30BNO3/c1-35(2)36(3,4)41-37(40-35)30-15-10-14-29-28-20-18-24(22-33(28)39-34(29)30)23-17-19-27-26-13-8-9-16-31(26)38(32(27)21-23)25-11-6-5-7-12-25/h5-22H,1-4H3. The number of nitrogens with zero attached hydrogens (tertiary/aromatic N) is 1. The second-order valence-electron chi connectivity index (χ2n) is 12.0. The van der Waals surface area contributed by atoms with E-state index in [4.69, 9.17) is 13.7 Å². The molecule has 1 aliphatic rings. The van der Waals surface area contributed by atoms with Crippen molar-refractivity contribution < 1.29 is 13.7 Å². The van der Waals surface area contributed by atoms with Crippen LogP contribution in [0.5, 0.6) is 0 Å². The molecule has 0 N–H and O–H groups in total. The predicted octanol–water partition coefficient (Wildman–Crippen LogP) is 8.65. The van der Waals surface area contributed by atoms with E-state index in [0.29, 0.717) is 0 Å². The average molecular weight is 535 g/mol. The van der Waals surface area contributed by atoms with Crippen molar-refractivity contribution in [3.63, 3.8) is 0 Å². The third-order valence-electron chi connectivity index (χ3n) is 9.06. The van der Waals surface area contributed by atoms with Gasteiger partial charge in [0.2, 0.25) is 0 Å². The van der Waals surface area contributed by atoms with E-state index in [1.807, 2.05) is 6.07 Å². The summed E-state index contributed by atoms with van der Waals surface area (Å²) in [5.74, 6) is 0. The van der Waals surface area contributed by atoms with Gasteiger partial charge in [0.05, 0.1) is 22.2 Å². The van der Waals surface area contributed by atoms with E-state index < -0.39 is 18.3 Å². The van der Waals surface area contributed by atoms with Gasteiger partial charge in [-0.15, -0.1) is 0 Å². The van der Waals surface area contributed by atoms with E-state index in [0.717, 1.165) is 44.2 Å². The van der Waals surface area contributed by atoms with Crippen molar-refractivity contribution in [1.29, 1.82) is 0 Å². The molecule has 0 bridgehead atoms. The van der Waals surface area contributed by atoms with Crippen LogP contribution in [0.4, 0.5) is 0 Å². The number of fused-ring (bicyclic) bond motifs is 6. The van der Waals surface area contributed by atoms with E-state index in [9.17, 15) is 0 Å². The van der Waals surface area contributed by atoms with Gasteiger partial charge in [-0.1, -0.05) is 72.8 Å². The molecule has 0 amide bonds. The number of rotatable bonds is 3. The van der Waals surface area contributed by atoms with Crippen LogP contribution < -0.4 is 5.46 Å². The molecule has 200 valence electrons. The van der Waals surface area contributed by atoms with Crippen LogP contribution >= 0.6 is 0 Å². The van der Waals surface area contributed by atoms with Gasteiger partial charge in [-0.2, -0.15) is 0 Å². The normalized spacial score (nSPS) is 16.4. The Balaban J connectivity index is 1.27. The number of hydrogen-bond donors (Lipinski definition) is 0. The number of aromatic nitrogens is 1. The lowest BCUT2D eigenvalue weighted by Gasteiger charge is -2.32. The molecule has 1 saturated heterocycles. The fraction of sp³-hybridized carbons (Fsp3) is 0.167. The Morgan fingerprint density at radius 2 is 1.20 bits per heavy atom. The second-order valence-corrected chi connectivity index (χ2v) is 12.0. The SMILES string of the molecule is CC1(C)OB(c2cccc3c2oc2cc(-c4ccc5c6ccccc6n(-c6ccccc6)c5c4)ccc23)OC1(C)C. The van der Waals surface area contributed by atoms with Gasteiger partial charge in [0.25, 0.3) is 0 Å². The molecular formula is C36H30BNO3. The smallest absolute Gasteiger partial charge is 0.456 e. The first-order chi connectivity index (χ1) is 19.8. The van der Waals surface area contributed by atoms with Gasteiger partial charge >= 0.3 is 7.12 Å². The lowest BCUT2D eigenvalue weighted by Crippen LogP contribution is -2.41. The third kappa shape index (κ3) is 3.63. The van der Waals surface area contributed by atoms with Crippen LogP contribution in [0.2, 0.25) is 0 Å². The number of benzene rings is 5. The van der Waals surface area contributed by atoms with Crippen molar-refractivity contribution in [3.05, 3.63) is 109 Å². The molecule has 7 aromatic rings. The summed E-state index contributed by atoms with van der Waals surface area (Å²) in [4.78, 5) is 0. The molecule has 5 heteroatoms. The van der Waals surface area contributed by atoms with Crippen LogP contribution in [-0.2, 0) is 9.31 Å². The quantitative estimate of drug-likeness (QED) is 0.213. The van der Waals surface area contributed by atoms with Crippen molar-refractivity contribution in [2.45, 2.75) is 38.9 Å². The zero-order valence-electron chi connectivity index (χ0n) is 23.6. The Labute approximate surface area is 239 Å². The molecule has 0 aliphatic carbocycles. The Morgan fingerprint density at radius 1 is 0.561 bits per heavy atom. The molecule has 3 heterocycles. The highest BCUT2D eigenvalue weighted by Gasteiger charge is 2.52. The van der Waals surface area contributed by atoms with Crippen LogP contribution in [0.1, 0.15) is 27.7 Å². The third-order valence-corrected chi connectivity index (χ3v) is 9.06. The molecule has 0 atom stereocenters. The van der Waals surface area contributed by atoms with Crippen LogP contribution in [0.25, 0.3) is 60.6 Å². The summed E-state index contributed by atoms with van der Waals surface area (Å²) >= 11 is 0. The number of furan rings is 1. The predicted molar refractivity (Wildman–Crippen MR) is 169 cm³/mol. The van der Waals surface area contributed by atoms with Gasteiger partial charge in [0.15, 0.2) is 0 Å².